The summed E-state index contributed by atoms with van der Waals surface area (Å²) in [5, 5.41) is 29.6. The van der Waals surface area contributed by atoms with Crippen LogP contribution in [0.2, 0.25) is 0 Å². The van der Waals surface area contributed by atoms with Crippen LogP contribution in [-0.4, -0.2) is 21.3 Å². The van der Waals surface area contributed by atoms with Gasteiger partial charge in [0.25, 0.3) is 0 Å². The smallest absolute Gasteiger partial charge is 0.338 e. The molecule has 35 heavy (non-hydrogen) atoms. The van der Waals surface area contributed by atoms with E-state index in [1.165, 1.54) is 0 Å². The van der Waals surface area contributed by atoms with Gasteiger partial charge in [-0.2, -0.15) is 0 Å². The molecule has 5 nitrogen and oxygen atoms in total. The highest BCUT2D eigenvalue weighted by atomic mass is 16.5. The lowest BCUT2D eigenvalue weighted by Gasteiger charge is -2.18. The molecule has 5 heteroatoms. The third kappa shape index (κ3) is 5.42. The maximum atomic E-state index is 11.9. The molecule has 0 saturated carbocycles. The number of benzene rings is 4. The number of phenols is 3. The third-order valence-corrected chi connectivity index (χ3v) is 5.42. The van der Waals surface area contributed by atoms with Crippen molar-refractivity contribution in [3.63, 3.8) is 0 Å². The summed E-state index contributed by atoms with van der Waals surface area (Å²) in [7, 11) is 0. The molecule has 0 amide bonds. The molecule has 0 radical (unpaired) electrons. The molecule has 0 aliphatic carbocycles. The zero-order valence-corrected chi connectivity index (χ0v) is 19.1. The van der Waals surface area contributed by atoms with Crippen LogP contribution >= 0.6 is 0 Å². The first-order chi connectivity index (χ1) is 16.8. The molecule has 0 atom stereocenters. The van der Waals surface area contributed by atoms with Crippen LogP contribution in [0, 0.1) is 0 Å². The van der Waals surface area contributed by atoms with Crippen LogP contribution in [0.1, 0.15) is 29.2 Å². The lowest BCUT2D eigenvalue weighted by molar-refractivity contribution is -0.130. The van der Waals surface area contributed by atoms with Gasteiger partial charge < -0.3 is 20.1 Å². The third-order valence-electron chi connectivity index (χ3n) is 5.42. The van der Waals surface area contributed by atoms with E-state index in [-0.39, 0.29) is 17.2 Å². The minimum absolute atomic E-state index is 0.144. The Bertz CT molecular complexity index is 1330. The zero-order chi connectivity index (χ0) is 24.9. The summed E-state index contributed by atoms with van der Waals surface area (Å²) < 4.78 is 5.34. The SMILES string of the molecule is C=C(C)C(=O)Oc1ccc(C(=C(c2ccc(O)cc2)c2ccc(O)cc2)c2ccc(O)cc2)cc1. The fraction of sp³-hybridized carbons (Fsp3) is 0.0333. The van der Waals surface area contributed by atoms with Crippen LogP contribution in [0.3, 0.4) is 0 Å². The lowest BCUT2D eigenvalue weighted by atomic mass is 9.85. The number of ether oxygens (including phenoxy) is 1. The van der Waals surface area contributed by atoms with Crippen LogP contribution < -0.4 is 4.74 Å². The van der Waals surface area contributed by atoms with E-state index in [4.69, 9.17) is 4.74 Å². The molecule has 0 unspecified atom stereocenters. The maximum absolute atomic E-state index is 11.9. The first kappa shape index (κ1) is 23.4. The van der Waals surface area contributed by atoms with Gasteiger partial charge in [-0.1, -0.05) is 55.1 Å². The van der Waals surface area contributed by atoms with E-state index in [0.717, 1.165) is 33.4 Å². The fourth-order valence-corrected chi connectivity index (χ4v) is 3.68. The van der Waals surface area contributed by atoms with Gasteiger partial charge in [-0.3, -0.25) is 0 Å². The van der Waals surface area contributed by atoms with Crippen LogP contribution in [0.25, 0.3) is 11.1 Å². The van der Waals surface area contributed by atoms with E-state index >= 15 is 0 Å². The first-order valence-corrected chi connectivity index (χ1v) is 10.9. The van der Waals surface area contributed by atoms with Gasteiger partial charge in [-0.15, -0.1) is 0 Å². The molecule has 0 fully saturated rings. The molecule has 4 aromatic carbocycles. The summed E-state index contributed by atoms with van der Waals surface area (Å²) in [4.78, 5) is 11.9. The Hall–Kier alpha value is -4.77. The number of hydrogen-bond donors (Lipinski definition) is 3. The molecule has 0 bridgehead atoms. The Morgan fingerprint density at radius 1 is 0.571 bits per heavy atom. The summed E-state index contributed by atoms with van der Waals surface area (Å²) >= 11 is 0. The van der Waals surface area contributed by atoms with E-state index in [2.05, 4.69) is 6.58 Å². The number of rotatable bonds is 6. The molecule has 3 N–H and O–H groups in total. The summed E-state index contributed by atoms with van der Waals surface area (Å²) in [6, 6.07) is 27.7. The van der Waals surface area contributed by atoms with E-state index < -0.39 is 5.97 Å². The topological polar surface area (TPSA) is 87.0 Å². The molecule has 0 aromatic heterocycles. The lowest BCUT2D eigenvalue weighted by Crippen LogP contribution is -2.08. The molecule has 0 aliphatic rings. The molecule has 0 saturated heterocycles. The second kappa shape index (κ2) is 10.0. The van der Waals surface area contributed by atoms with Crippen molar-refractivity contribution in [1.29, 1.82) is 0 Å². The fourth-order valence-electron chi connectivity index (χ4n) is 3.68. The van der Waals surface area contributed by atoms with Crippen LogP contribution in [0.5, 0.6) is 23.0 Å². The molecule has 4 rings (SSSR count). The number of hydrogen-bond acceptors (Lipinski definition) is 5. The molecule has 174 valence electrons. The normalized spacial score (nSPS) is 10.4. The van der Waals surface area contributed by atoms with Gasteiger partial charge in [0.2, 0.25) is 0 Å². The first-order valence-electron chi connectivity index (χ1n) is 10.9. The van der Waals surface area contributed by atoms with Crippen LogP contribution in [-0.2, 0) is 4.79 Å². The van der Waals surface area contributed by atoms with Crippen LogP contribution in [0.4, 0.5) is 0 Å². The van der Waals surface area contributed by atoms with Gasteiger partial charge in [0.1, 0.15) is 23.0 Å². The molecular formula is C30H24O5. The van der Waals surface area contributed by atoms with Crippen molar-refractivity contribution >= 4 is 17.1 Å². The van der Waals surface area contributed by atoms with Crippen molar-refractivity contribution < 1.29 is 24.9 Å². The van der Waals surface area contributed by atoms with E-state index in [1.807, 2.05) is 48.5 Å². The summed E-state index contributed by atoms with van der Waals surface area (Å²) in [5.74, 6) is 0.330. The highest BCUT2D eigenvalue weighted by Gasteiger charge is 2.17. The van der Waals surface area contributed by atoms with E-state index in [9.17, 15) is 20.1 Å². The molecule has 0 aliphatic heterocycles. The Morgan fingerprint density at radius 2 is 0.857 bits per heavy atom. The monoisotopic (exact) mass is 464 g/mol. The number of aromatic hydroxyl groups is 3. The van der Waals surface area contributed by atoms with Crippen molar-refractivity contribution in [3.8, 4) is 23.0 Å². The second-order valence-corrected chi connectivity index (χ2v) is 8.08. The minimum atomic E-state index is -0.499. The number of carbonyl (C=O) groups is 1. The van der Waals surface area contributed by atoms with Gasteiger partial charge in [0, 0.05) is 5.57 Å². The van der Waals surface area contributed by atoms with E-state index in [0.29, 0.717) is 11.3 Å². The Kier molecular flexibility index (Phi) is 6.69. The van der Waals surface area contributed by atoms with Crippen LogP contribution in [0.15, 0.2) is 109 Å². The van der Waals surface area contributed by atoms with Crippen molar-refractivity contribution in [1.82, 2.24) is 0 Å². The Labute approximate surface area is 203 Å². The van der Waals surface area contributed by atoms with Crippen molar-refractivity contribution in [2.24, 2.45) is 0 Å². The van der Waals surface area contributed by atoms with Gasteiger partial charge in [0.15, 0.2) is 0 Å². The average Bonchev–Trinajstić information content (AvgIpc) is 2.85. The van der Waals surface area contributed by atoms with E-state index in [1.54, 1.807) is 55.5 Å². The summed E-state index contributed by atoms with van der Waals surface area (Å²) in [6.45, 7) is 5.20. The molecule has 0 heterocycles. The Balaban J connectivity index is 1.96. The largest absolute Gasteiger partial charge is 0.508 e. The quantitative estimate of drug-likeness (QED) is 0.135. The predicted octanol–water partition coefficient (Wildman–Crippen LogP) is 6.29. The van der Waals surface area contributed by atoms with Gasteiger partial charge >= 0.3 is 5.97 Å². The highest BCUT2D eigenvalue weighted by Crippen LogP contribution is 2.38. The highest BCUT2D eigenvalue weighted by molar-refractivity contribution is 6.04. The second-order valence-electron chi connectivity index (χ2n) is 8.08. The maximum Gasteiger partial charge on any atom is 0.338 e. The molecular weight excluding hydrogens is 440 g/mol. The van der Waals surface area contributed by atoms with Gasteiger partial charge in [0.05, 0.1) is 0 Å². The summed E-state index contributed by atoms with van der Waals surface area (Å²) in [6.07, 6.45) is 0. The average molecular weight is 465 g/mol. The minimum Gasteiger partial charge on any atom is -0.508 e. The zero-order valence-electron chi connectivity index (χ0n) is 19.1. The molecule has 4 aromatic rings. The van der Waals surface area contributed by atoms with Gasteiger partial charge in [-0.25, -0.2) is 4.79 Å². The van der Waals surface area contributed by atoms with Crippen molar-refractivity contribution in [2.45, 2.75) is 6.92 Å². The number of esters is 1. The standard InChI is InChI=1S/C30H24O5/c1-19(2)30(34)35-27-17-9-23(10-18-27)29(22-7-15-26(33)16-8-22)28(20-3-11-24(31)12-4-20)21-5-13-25(32)14-6-21/h3-18,31-33H,1H2,2H3. The number of phenolic OH excluding ortho intramolecular Hbond substituents is 3. The van der Waals surface area contributed by atoms with Crippen molar-refractivity contribution in [2.75, 3.05) is 0 Å². The molecule has 0 spiro atoms. The predicted molar refractivity (Wildman–Crippen MR) is 136 cm³/mol. The number of carbonyl (C=O) groups excluding carboxylic acids is 1. The summed E-state index contributed by atoms with van der Waals surface area (Å²) in [5.41, 5.74) is 5.36. The van der Waals surface area contributed by atoms with Gasteiger partial charge in [-0.05, 0) is 88.9 Å². The van der Waals surface area contributed by atoms with Crippen molar-refractivity contribution in [3.05, 3.63) is 131 Å². The Morgan fingerprint density at radius 3 is 1.14 bits per heavy atom.